The molecule has 0 bridgehead atoms. The van der Waals surface area contributed by atoms with Crippen molar-refractivity contribution < 1.29 is 19.0 Å². The number of carbonyl (C=O) groups is 1. The summed E-state index contributed by atoms with van der Waals surface area (Å²) in [5.74, 6) is 1.82. The molecule has 4 rings (SSSR count). The molecular formula is C17H21NO4. The maximum atomic E-state index is 12.6. The first-order chi connectivity index (χ1) is 10.8. The zero-order valence-corrected chi connectivity index (χ0v) is 12.6. The largest absolute Gasteiger partial charge is 0.454 e. The van der Waals surface area contributed by atoms with Crippen molar-refractivity contribution in [3.05, 3.63) is 23.8 Å². The monoisotopic (exact) mass is 303 g/mol. The van der Waals surface area contributed by atoms with Crippen LogP contribution in [0.1, 0.15) is 31.2 Å². The molecule has 0 unspecified atom stereocenters. The van der Waals surface area contributed by atoms with Gasteiger partial charge in [0, 0.05) is 13.0 Å². The number of rotatable bonds is 3. The van der Waals surface area contributed by atoms with Gasteiger partial charge in [-0.05, 0) is 43.4 Å². The van der Waals surface area contributed by atoms with E-state index in [-0.39, 0.29) is 18.8 Å². The fourth-order valence-electron chi connectivity index (χ4n) is 3.73. The third kappa shape index (κ3) is 2.54. The molecule has 0 radical (unpaired) electrons. The van der Waals surface area contributed by atoms with Gasteiger partial charge < -0.3 is 19.1 Å². The lowest BCUT2D eigenvalue weighted by Gasteiger charge is -2.37. The van der Waals surface area contributed by atoms with Crippen LogP contribution in [0.5, 0.6) is 11.5 Å². The molecule has 118 valence electrons. The topological polar surface area (TPSA) is 48.0 Å². The molecular weight excluding hydrogens is 282 g/mol. The maximum absolute atomic E-state index is 12.6. The van der Waals surface area contributed by atoms with E-state index in [9.17, 15) is 4.79 Å². The highest BCUT2D eigenvalue weighted by atomic mass is 16.7. The van der Waals surface area contributed by atoms with Gasteiger partial charge in [-0.3, -0.25) is 4.79 Å². The van der Waals surface area contributed by atoms with Gasteiger partial charge in [-0.1, -0.05) is 6.07 Å². The number of hydrogen-bond donors (Lipinski definition) is 0. The van der Waals surface area contributed by atoms with Crippen molar-refractivity contribution >= 4 is 5.91 Å². The molecule has 1 saturated carbocycles. The van der Waals surface area contributed by atoms with E-state index in [1.807, 2.05) is 23.1 Å². The van der Waals surface area contributed by atoms with Crippen molar-refractivity contribution in [3.8, 4) is 11.5 Å². The van der Waals surface area contributed by atoms with E-state index in [0.717, 1.165) is 42.9 Å². The number of fused-ring (bicyclic) bond motifs is 2. The Kier molecular flexibility index (Phi) is 3.66. The van der Waals surface area contributed by atoms with Crippen LogP contribution in [0, 0.1) is 0 Å². The Morgan fingerprint density at radius 1 is 1.23 bits per heavy atom. The van der Waals surface area contributed by atoms with Crippen molar-refractivity contribution in [2.75, 3.05) is 19.9 Å². The van der Waals surface area contributed by atoms with Gasteiger partial charge >= 0.3 is 0 Å². The van der Waals surface area contributed by atoms with E-state index in [2.05, 4.69) is 0 Å². The van der Waals surface area contributed by atoms with Crippen LogP contribution in [0.3, 0.4) is 0 Å². The number of hydrogen-bond acceptors (Lipinski definition) is 4. The quantitative estimate of drug-likeness (QED) is 0.858. The second-order valence-electron chi connectivity index (χ2n) is 6.18. The van der Waals surface area contributed by atoms with Gasteiger partial charge in [-0.15, -0.1) is 0 Å². The highest BCUT2D eigenvalue weighted by Gasteiger charge is 2.37. The molecule has 22 heavy (non-hydrogen) atoms. The molecule has 0 spiro atoms. The van der Waals surface area contributed by atoms with Crippen molar-refractivity contribution in [1.29, 1.82) is 0 Å². The Morgan fingerprint density at radius 3 is 3.09 bits per heavy atom. The third-order valence-corrected chi connectivity index (χ3v) is 4.87. The van der Waals surface area contributed by atoms with Crippen molar-refractivity contribution in [3.63, 3.8) is 0 Å². The molecule has 2 aliphatic heterocycles. The lowest BCUT2D eigenvalue weighted by molar-refractivity contribution is -0.143. The standard InChI is InChI=1S/C17H21NO4/c19-17(18-8-9-20-14-3-1-2-13(14)18)7-5-12-4-6-15-16(10-12)22-11-21-15/h4,6,10,13-14H,1-3,5,7-9,11H2/t13-,14-/m0/s1. The van der Waals surface area contributed by atoms with Gasteiger partial charge in [-0.25, -0.2) is 0 Å². The van der Waals surface area contributed by atoms with Crippen molar-refractivity contribution in [2.24, 2.45) is 0 Å². The molecule has 1 aromatic rings. The Balaban J connectivity index is 1.38. The molecule has 5 heteroatoms. The molecule has 1 saturated heterocycles. The summed E-state index contributed by atoms with van der Waals surface area (Å²) in [6.07, 6.45) is 4.90. The number of ether oxygens (including phenoxy) is 3. The Morgan fingerprint density at radius 2 is 2.14 bits per heavy atom. The molecule has 2 heterocycles. The molecule has 2 atom stereocenters. The van der Waals surface area contributed by atoms with Gasteiger partial charge in [-0.2, -0.15) is 0 Å². The summed E-state index contributed by atoms with van der Waals surface area (Å²) >= 11 is 0. The molecule has 3 aliphatic rings. The average molecular weight is 303 g/mol. The summed E-state index contributed by atoms with van der Waals surface area (Å²) in [7, 11) is 0. The minimum absolute atomic E-state index is 0.248. The third-order valence-electron chi connectivity index (χ3n) is 4.87. The summed E-state index contributed by atoms with van der Waals surface area (Å²) in [6.45, 7) is 1.70. The summed E-state index contributed by atoms with van der Waals surface area (Å²) in [5.41, 5.74) is 1.12. The van der Waals surface area contributed by atoms with Crippen LogP contribution >= 0.6 is 0 Å². The molecule has 1 amide bonds. The van der Waals surface area contributed by atoms with Crippen LogP contribution in [0.2, 0.25) is 0 Å². The SMILES string of the molecule is O=C(CCc1ccc2c(c1)OCO2)N1CCO[C@H]2CCC[C@@H]21. The van der Waals surface area contributed by atoms with E-state index in [1.165, 1.54) is 6.42 Å². The van der Waals surface area contributed by atoms with Crippen LogP contribution < -0.4 is 9.47 Å². The zero-order chi connectivity index (χ0) is 14.9. The fourth-order valence-corrected chi connectivity index (χ4v) is 3.73. The summed E-state index contributed by atoms with van der Waals surface area (Å²) < 4.78 is 16.5. The van der Waals surface area contributed by atoms with E-state index >= 15 is 0 Å². The summed E-state index contributed by atoms with van der Waals surface area (Å²) in [6, 6.07) is 6.22. The van der Waals surface area contributed by atoms with Crippen LogP contribution in [0.15, 0.2) is 18.2 Å². The smallest absolute Gasteiger partial charge is 0.231 e. The van der Waals surface area contributed by atoms with Gasteiger partial charge in [0.1, 0.15) is 0 Å². The molecule has 0 aromatic heterocycles. The molecule has 2 fully saturated rings. The van der Waals surface area contributed by atoms with Crippen LogP contribution in [0.4, 0.5) is 0 Å². The van der Waals surface area contributed by atoms with Crippen LogP contribution in [-0.4, -0.2) is 42.9 Å². The second kappa shape index (κ2) is 5.80. The van der Waals surface area contributed by atoms with Crippen molar-refractivity contribution in [1.82, 2.24) is 4.90 Å². The number of morpholine rings is 1. The van der Waals surface area contributed by atoms with E-state index < -0.39 is 0 Å². The van der Waals surface area contributed by atoms with Gasteiger partial charge in [0.25, 0.3) is 0 Å². The Labute approximate surface area is 130 Å². The number of benzene rings is 1. The number of carbonyl (C=O) groups excluding carboxylic acids is 1. The number of nitrogens with zero attached hydrogens (tertiary/aromatic N) is 1. The Hall–Kier alpha value is -1.75. The normalized spacial score (nSPS) is 26.1. The molecule has 1 aliphatic carbocycles. The summed E-state index contributed by atoms with van der Waals surface area (Å²) in [5, 5.41) is 0. The van der Waals surface area contributed by atoms with E-state index in [1.54, 1.807) is 0 Å². The van der Waals surface area contributed by atoms with E-state index in [0.29, 0.717) is 19.1 Å². The predicted molar refractivity (Wildman–Crippen MR) is 80.0 cm³/mol. The molecule has 5 nitrogen and oxygen atoms in total. The van der Waals surface area contributed by atoms with E-state index in [4.69, 9.17) is 14.2 Å². The Bertz CT molecular complexity index is 574. The highest BCUT2D eigenvalue weighted by molar-refractivity contribution is 5.77. The second-order valence-corrected chi connectivity index (χ2v) is 6.18. The number of aryl methyl sites for hydroxylation is 1. The van der Waals surface area contributed by atoms with Gasteiger partial charge in [0.05, 0.1) is 18.8 Å². The number of amides is 1. The minimum atomic E-state index is 0.248. The fraction of sp³-hybridized carbons (Fsp3) is 0.588. The first-order valence-electron chi connectivity index (χ1n) is 8.11. The average Bonchev–Trinajstić information content (AvgIpc) is 3.20. The first-order valence-corrected chi connectivity index (χ1v) is 8.11. The van der Waals surface area contributed by atoms with Crippen LogP contribution in [-0.2, 0) is 16.0 Å². The zero-order valence-electron chi connectivity index (χ0n) is 12.6. The van der Waals surface area contributed by atoms with Gasteiger partial charge in [0.15, 0.2) is 11.5 Å². The lowest BCUT2D eigenvalue weighted by atomic mass is 10.1. The van der Waals surface area contributed by atoms with Crippen LogP contribution in [0.25, 0.3) is 0 Å². The molecule has 0 N–H and O–H groups in total. The lowest BCUT2D eigenvalue weighted by Crippen LogP contribution is -2.51. The maximum Gasteiger partial charge on any atom is 0.231 e. The first kappa shape index (κ1) is 13.9. The highest BCUT2D eigenvalue weighted by Crippen LogP contribution is 2.33. The summed E-state index contributed by atoms with van der Waals surface area (Å²) in [4.78, 5) is 14.6. The van der Waals surface area contributed by atoms with Crippen molar-refractivity contribution in [2.45, 2.75) is 44.2 Å². The predicted octanol–water partition coefficient (Wildman–Crippen LogP) is 2.13. The van der Waals surface area contributed by atoms with Gasteiger partial charge in [0.2, 0.25) is 12.7 Å². The minimum Gasteiger partial charge on any atom is -0.454 e. The molecule has 1 aromatic carbocycles.